The number of methoxy groups -OCH3 is 2. The third-order valence-corrected chi connectivity index (χ3v) is 7.06. The SMILES string of the molecule is COc1cc(OC)c(NC(=O)c2ccc3c(c2)SC2=NS(=O)(=O)CCN23)cc1Cl. The Kier molecular flexibility index (Phi) is 5.09. The van der Waals surface area contributed by atoms with Gasteiger partial charge in [-0.3, -0.25) is 4.79 Å². The first-order valence-electron chi connectivity index (χ1n) is 8.46. The summed E-state index contributed by atoms with van der Waals surface area (Å²) in [6.07, 6.45) is 0. The van der Waals surface area contributed by atoms with Gasteiger partial charge in [0.05, 0.1) is 36.4 Å². The van der Waals surface area contributed by atoms with Crippen LogP contribution >= 0.6 is 23.4 Å². The van der Waals surface area contributed by atoms with Gasteiger partial charge in [0.15, 0.2) is 5.17 Å². The number of hydrogen-bond acceptors (Lipinski definition) is 7. The van der Waals surface area contributed by atoms with Crippen molar-refractivity contribution in [3.8, 4) is 11.5 Å². The smallest absolute Gasteiger partial charge is 0.257 e. The number of sulfonamides is 1. The molecule has 29 heavy (non-hydrogen) atoms. The number of fused-ring (bicyclic) bond motifs is 3. The van der Waals surface area contributed by atoms with Crippen molar-refractivity contribution < 1.29 is 22.7 Å². The van der Waals surface area contributed by atoms with Crippen LogP contribution in [0.15, 0.2) is 39.6 Å². The normalized spacial score (nSPS) is 16.5. The number of benzene rings is 2. The van der Waals surface area contributed by atoms with Crippen LogP contribution in [0.3, 0.4) is 0 Å². The van der Waals surface area contributed by atoms with E-state index in [1.807, 2.05) is 4.90 Å². The minimum Gasteiger partial charge on any atom is -0.495 e. The summed E-state index contributed by atoms with van der Waals surface area (Å²) in [5, 5.41) is 3.53. The summed E-state index contributed by atoms with van der Waals surface area (Å²) in [5.41, 5.74) is 1.66. The van der Waals surface area contributed by atoms with Crippen LogP contribution in [0, 0.1) is 0 Å². The van der Waals surface area contributed by atoms with Crippen molar-refractivity contribution in [3.05, 3.63) is 40.9 Å². The lowest BCUT2D eigenvalue weighted by atomic mass is 10.1. The molecule has 8 nitrogen and oxygen atoms in total. The van der Waals surface area contributed by atoms with Crippen LogP contribution < -0.4 is 19.7 Å². The standard InChI is InChI=1S/C18H16ClN3O5S2/c1-26-14-9-15(27-2)12(8-11(14)19)20-17(23)10-3-4-13-16(7-10)28-18-21-29(24,25)6-5-22(13)18/h3-4,7-9H,5-6H2,1-2H3,(H,20,23). The Hall–Kier alpha value is -2.43. The monoisotopic (exact) mass is 453 g/mol. The molecule has 2 aromatic rings. The molecule has 0 atom stereocenters. The number of hydrogen-bond donors (Lipinski definition) is 1. The van der Waals surface area contributed by atoms with Crippen molar-refractivity contribution in [1.29, 1.82) is 0 Å². The highest BCUT2D eigenvalue weighted by molar-refractivity contribution is 8.15. The predicted octanol–water partition coefficient (Wildman–Crippen LogP) is 3.22. The Morgan fingerprint density at radius 2 is 1.97 bits per heavy atom. The maximum atomic E-state index is 12.8. The van der Waals surface area contributed by atoms with Gasteiger partial charge >= 0.3 is 0 Å². The predicted molar refractivity (Wildman–Crippen MR) is 113 cm³/mol. The van der Waals surface area contributed by atoms with E-state index in [4.69, 9.17) is 21.1 Å². The van der Waals surface area contributed by atoms with E-state index in [9.17, 15) is 13.2 Å². The molecule has 2 aromatic carbocycles. The lowest BCUT2D eigenvalue weighted by molar-refractivity contribution is 0.102. The summed E-state index contributed by atoms with van der Waals surface area (Å²) in [7, 11) is -0.458. The highest BCUT2D eigenvalue weighted by Gasteiger charge is 2.33. The Labute approximate surface area is 176 Å². The highest BCUT2D eigenvalue weighted by atomic mass is 35.5. The van der Waals surface area contributed by atoms with E-state index in [0.717, 1.165) is 10.6 Å². The largest absolute Gasteiger partial charge is 0.495 e. The molecule has 2 aliphatic rings. The molecule has 1 amide bonds. The summed E-state index contributed by atoms with van der Waals surface area (Å²) >= 11 is 7.38. The molecule has 0 fully saturated rings. The minimum atomic E-state index is -3.43. The fourth-order valence-electron chi connectivity index (χ4n) is 3.02. The van der Waals surface area contributed by atoms with E-state index in [-0.39, 0.29) is 11.7 Å². The Morgan fingerprint density at radius 3 is 2.69 bits per heavy atom. The maximum Gasteiger partial charge on any atom is 0.257 e. The van der Waals surface area contributed by atoms with Crippen molar-refractivity contribution in [1.82, 2.24) is 0 Å². The van der Waals surface area contributed by atoms with Crippen molar-refractivity contribution in [3.63, 3.8) is 0 Å². The molecule has 4 rings (SSSR count). The van der Waals surface area contributed by atoms with Crippen LogP contribution in [0.25, 0.3) is 0 Å². The molecule has 11 heteroatoms. The van der Waals surface area contributed by atoms with E-state index in [2.05, 4.69) is 9.71 Å². The highest BCUT2D eigenvalue weighted by Crippen LogP contribution is 2.42. The molecule has 0 aliphatic carbocycles. The maximum absolute atomic E-state index is 12.8. The second-order valence-electron chi connectivity index (χ2n) is 6.24. The number of ether oxygens (including phenoxy) is 2. The topological polar surface area (TPSA) is 97.3 Å². The Morgan fingerprint density at radius 1 is 1.21 bits per heavy atom. The molecule has 0 unspecified atom stereocenters. The van der Waals surface area contributed by atoms with Crippen LogP contribution in [-0.4, -0.2) is 46.0 Å². The third kappa shape index (κ3) is 3.75. The van der Waals surface area contributed by atoms with Crippen LogP contribution in [0.2, 0.25) is 5.02 Å². The summed E-state index contributed by atoms with van der Waals surface area (Å²) in [6, 6.07) is 8.32. The van der Waals surface area contributed by atoms with Crippen LogP contribution in [0.1, 0.15) is 10.4 Å². The number of anilines is 2. The lowest BCUT2D eigenvalue weighted by Gasteiger charge is -2.22. The van der Waals surface area contributed by atoms with Gasteiger partial charge in [-0.2, -0.15) is 0 Å². The summed E-state index contributed by atoms with van der Waals surface area (Å²) in [5.74, 6) is 0.457. The third-order valence-electron chi connectivity index (χ3n) is 4.46. The van der Waals surface area contributed by atoms with Gasteiger partial charge in [0.25, 0.3) is 15.9 Å². The number of nitrogens with zero attached hydrogens (tertiary/aromatic N) is 2. The number of amides is 1. The van der Waals surface area contributed by atoms with Crippen molar-refractivity contribution >= 4 is 55.8 Å². The zero-order valence-corrected chi connectivity index (χ0v) is 17.8. The molecule has 0 aromatic heterocycles. The van der Waals surface area contributed by atoms with Crippen molar-refractivity contribution in [2.45, 2.75) is 4.90 Å². The molecule has 0 bridgehead atoms. The molecule has 0 spiro atoms. The summed E-state index contributed by atoms with van der Waals surface area (Å²) < 4.78 is 37.7. The van der Waals surface area contributed by atoms with E-state index >= 15 is 0 Å². The first-order valence-corrected chi connectivity index (χ1v) is 11.3. The molecule has 152 valence electrons. The summed E-state index contributed by atoms with van der Waals surface area (Å²) in [6.45, 7) is 0.342. The number of carbonyl (C=O) groups excluding carboxylic acids is 1. The number of amidine groups is 1. The number of thioether (sulfide) groups is 1. The molecule has 0 saturated carbocycles. The second kappa shape index (κ2) is 7.43. The van der Waals surface area contributed by atoms with Gasteiger partial charge in [-0.05, 0) is 36.0 Å². The summed E-state index contributed by atoms with van der Waals surface area (Å²) in [4.78, 5) is 15.4. The van der Waals surface area contributed by atoms with Gasteiger partial charge in [0.2, 0.25) is 0 Å². The number of rotatable bonds is 4. The fraction of sp³-hybridized carbons (Fsp3) is 0.222. The molecular weight excluding hydrogens is 438 g/mol. The van der Waals surface area contributed by atoms with Gasteiger partial charge < -0.3 is 19.7 Å². The van der Waals surface area contributed by atoms with Gasteiger partial charge in [-0.25, -0.2) is 8.42 Å². The van der Waals surface area contributed by atoms with Gasteiger partial charge in [-0.1, -0.05) is 11.6 Å². The van der Waals surface area contributed by atoms with E-state index < -0.39 is 10.0 Å². The molecular formula is C18H16ClN3O5S2. The first-order chi connectivity index (χ1) is 13.8. The second-order valence-corrected chi connectivity index (χ2v) is 9.41. The fourth-order valence-corrected chi connectivity index (χ4v) is 5.56. The molecule has 1 N–H and O–H groups in total. The molecule has 0 saturated heterocycles. The molecule has 2 heterocycles. The van der Waals surface area contributed by atoms with E-state index in [0.29, 0.717) is 39.5 Å². The van der Waals surface area contributed by atoms with Gasteiger partial charge in [-0.15, -0.1) is 4.40 Å². The lowest BCUT2D eigenvalue weighted by Crippen LogP contribution is -2.35. The van der Waals surface area contributed by atoms with Gasteiger partial charge in [0.1, 0.15) is 11.5 Å². The van der Waals surface area contributed by atoms with E-state index in [1.165, 1.54) is 26.0 Å². The minimum absolute atomic E-state index is 0.0310. The first kappa shape index (κ1) is 19.9. The Bertz CT molecular complexity index is 1150. The van der Waals surface area contributed by atoms with Crippen LogP contribution in [-0.2, 0) is 10.0 Å². The van der Waals surface area contributed by atoms with Crippen LogP contribution in [0.4, 0.5) is 11.4 Å². The van der Waals surface area contributed by atoms with Crippen molar-refractivity contribution in [2.24, 2.45) is 4.40 Å². The average molecular weight is 454 g/mol. The zero-order chi connectivity index (χ0) is 20.8. The molecule has 2 aliphatic heterocycles. The number of carbonyl (C=O) groups is 1. The van der Waals surface area contributed by atoms with Crippen LogP contribution in [0.5, 0.6) is 11.5 Å². The average Bonchev–Trinajstić information content (AvgIpc) is 3.03. The number of halogens is 1. The number of nitrogens with one attached hydrogen (secondary N) is 1. The van der Waals surface area contributed by atoms with E-state index in [1.54, 1.807) is 30.3 Å². The molecule has 0 radical (unpaired) electrons. The quantitative estimate of drug-likeness (QED) is 0.758. The zero-order valence-electron chi connectivity index (χ0n) is 15.4. The Balaban J connectivity index is 1.61. The van der Waals surface area contributed by atoms with Crippen molar-refractivity contribution in [2.75, 3.05) is 36.7 Å². The van der Waals surface area contributed by atoms with Gasteiger partial charge in [0, 0.05) is 23.1 Å².